The third-order valence-corrected chi connectivity index (χ3v) is 5.95. The van der Waals surface area contributed by atoms with Crippen molar-refractivity contribution >= 4 is 15.8 Å². The first-order valence-corrected chi connectivity index (χ1v) is 8.43. The van der Waals surface area contributed by atoms with Crippen LogP contribution in [0.1, 0.15) is 34.1 Å². The Kier molecular flexibility index (Phi) is 3.85. The molecule has 0 bridgehead atoms. The highest BCUT2D eigenvalue weighted by Crippen LogP contribution is 2.36. The van der Waals surface area contributed by atoms with E-state index in [0.717, 1.165) is 6.42 Å². The Morgan fingerprint density at radius 3 is 2.55 bits per heavy atom. The van der Waals surface area contributed by atoms with Gasteiger partial charge in [-0.15, -0.1) is 0 Å². The number of nitrogens with zero attached hydrogens (tertiary/aromatic N) is 3. The molecule has 20 heavy (non-hydrogen) atoms. The zero-order valence-electron chi connectivity index (χ0n) is 12.6. The maximum absolute atomic E-state index is 12.6. The first-order chi connectivity index (χ1) is 9.16. The molecule has 0 aromatic carbocycles. The molecule has 1 saturated heterocycles. The molecular weight excluding hydrogens is 276 g/mol. The maximum Gasteiger partial charge on any atom is 0.248 e. The highest BCUT2D eigenvalue weighted by Gasteiger charge is 2.38. The molecule has 0 amide bonds. The Morgan fingerprint density at radius 2 is 2.10 bits per heavy atom. The minimum atomic E-state index is -3.53. The predicted octanol–water partition coefficient (Wildman–Crippen LogP) is 1.54. The van der Waals surface area contributed by atoms with Crippen LogP contribution in [-0.4, -0.2) is 35.6 Å². The molecule has 1 aromatic rings. The summed E-state index contributed by atoms with van der Waals surface area (Å²) in [4.78, 5) is 0.133. The van der Waals surface area contributed by atoms with Crippen LogP contribution in [0.25, 0.3) is 0 Å². The molecule has 0 aliphatic carbocycles. The monoisotopic (exact) mass is 300 g/mol. The smallest absolute Gasteiger partial charge is 0.248 e. The number of aromatic nitrogens is 2. The number of hydrogen-bond acceptors (Lipinski definition) is 4. The van der Waals surface area contributed by atoms with Gasteiger partial charge in [-0.3, -0.25) is 4.68 Å². The van der Waals surface area contributed by atoms with Crippen LogP contribution in [0.3, 0.4) is 0 Å². The van der Waals surface area contributed by atoms with E-state index < -0.39 is 10.0 Å². The van der Waals surface area contributed by atoms with Gasteiger partial charge in [0.2, 0.25) is 10.0 Å². The molecule has 2 N–H and O–H groups in total. The molecule has 7 heteroatoms. The van der Waals surface area contributed by atoms with Gasteiger partial charge in [0.15, 0.2) is 5.82 Å². The Bertz CT molecular complexity index is 586. The first-order valence-electron chi connectivity index (χ1n) is 6.99. The van der Waals surface area contributed by atoms with Gasteiger partial charge < -0.3 is 5.73 Å². The fourth-order valence-corrected chi connectivity index (χ4v) is 4.13. The summed E-state index contributed by atoms with van der Waals surface area (Å²) in [6, 6.07) is 0. The molecule has 2 heterocycles. The minimum Gasteiger partial charge on any atom is -0.381 e. The number of rotatable bonds is 3. The van der Waals surface area contributed by atoms with Crippen LogP contribution in [-0.2, 0) is 16.6 Å². The van der Waals surface area contributed by atoms with E-state index >= 15 is 0 Å². The Hall–Kier alpha value is -1.08. The quantitative estimate of drug-likeness (QED) is 0.918. The molecule has 1 fully saturated rings. The average molecular weight is 300 g/mol. The molecule has 1 aromatic heterocycles. The summed E-state index contributed by atoms with van der Waals surface area (Å²) in [5.41, 5.74) is 5.87. The Labute approximate surface area is 121 Å². The fraction of sp³-hybridized carbons (Fsp3) is 0.769. The third kappa shape index (κ3) is 2.69. The lowest BCUT2D eigenvalue weighted by atomic mass is 9.80. The molecule has 1 unspecified atom stereocenters. The van der Waals surface area contributed by atoms with E-state index in [1.165, 1.54) is 10.5 Å². The van der Waals surface area contributed by atoms with Crippen LogP contribution in [0.2, 0.25) is 0 Å². The van der Waals surface area contributed by atoms with Crippen LogP contribution in [0.4, 0.5) is 5.82 Å². The summed E-state index contributed by atoms with van der Waals surface area (Å²) >= 11 is 0. The van der Waals surface area contributed by atoms with Crippen molar-refractivity contribution < 1.29 is 8.42 Å². The summed E-state index contributed by atoms with van der Waals surface area (Å²) < 4.78 is 28.4. The maximum atomic E-state index is 12.6. The van der Waals surface area contributed by atoms with E-state index in [1.807, 2.05) is 6.92 Å². The molecule has 1 atom stereocenters. The molecule has 0 radical (unpaired) electrons. The Morgan fingerprint density at radius 1 is 1.45 bits per heavy atom. The van der Waals surface area contributed by atoms with E-state index in [1.54, 1.807) is 4.68 Å². The molecule has 1 aliphatic rings. The van der Waals surface area contributed by atoms with Crippen molar-refractivity contribution in [3.63, 3.8) is 0 Å². The minimum absolute atomic E-state index is 0.0889. The van der Waals surface area contributed by atoms with Gasteiger partial charge in [-0.1, -0.05) is 20.8 Å². The van der Waals surface area contributed by atoms with Crippen molar-refractivity contribution in [2.24, 2.45) is 11.3 Å². The van der Waals surface area contributed by atoms with Crippen molar-refractivity contribution in [3.05, 3.63) is 6.20 Å². The van der Waals surface area contributed by atoms with Gasteiger partial charge in [0.1, 0.15) is 4.90 Å². The Balaban J connectivity index is 2.26. The number of hydrogen-bond donors (Lipinski definition) is 1. The summed E-state index contributed by atoms with van der Waals surface area (Å²) in [7, 11) is -3.53. The second-order valence-electron chi connectivity index (χ2n) is 6.45. The highest BCUT2D eigenvalue weighted by molar-refractivity contribution is 7.89. The van der Waals surface area contributed by atoms with Crippen LogP contribution in [0.5, 0.6) is 0 Å². The lowest BCUT2D eigenvalue weighted by Gasteiger charge is -2.26. The van der Waals surface area contributed by atoms with Gasteiger partial charge in [-0.05, 0) is 24.7 Å². The number of anilines is 1. The van der Waals surface area contributed by atoms with Crippen molar-refractivity contribution in [1.82, 2.24) is 14.1 Å². The van der Waals surface area contributed by atoms with Crippen molar-refractivity contribution in [1.29, 1.82) is 0 Å². The van der Waals surface area contributed by atoms with Crippen molar-refractivity contribution in [3.8, 4) is 0 Å². The first kappa shape index (κ1) is 15.3. The van der Waals surface area contributed by atoms with Crippen LogP contribution in [0.15, 0.2) is 11.1 Å². The largest absolute Gasteiger partial charge is 0.381 e. The van der Waals surface area contributed by atoms with Gasteiger partial charge in [0, 0.05) is 25.8 Å². The molecular formula is C13H24N4O2S. The lowest BCUT2D eigenvalue weighted by Crippen LogP contribution is -2.31. The van der Waals surface area contributed by atoms with Gasteiger partial charge in [-0.25, -0.2) is 8.42 Å². The zero-order valence-corrected chi connectivity index (χ0v) is 13.4. The van der Waals surface area contributed by atoms with E-state index in [-0.39, 0.29) is 16.1 Å². The summed E-state index contributed by atoms with van der Waals surface area (Å²) in [5, 5.41) is 4.02. The molecule has 0 saturated carbocycles. The van der Waals surface area contributed by atoms with Crippen molar-refractivity contribution in [2.75, 3.05) is 18.8 Å². The summed E-state index contributed by atoms with van der Waals surface area (Å²) in [6.45, 7) is 10.1. The zero-order chi connectivity index (χ0) is 15.1. The van der Waals surface area contributed by atoms with Gasteiger partial charge in [0.05, 0.1) is 0 Å². The summed E-state index contributed by atoms with van der Waals surface area (Å²) in [6.07, 6.45) is 2.42. The highest BCUT2D eigenvalue weighted by atomic mass is 32.2. The van der Waals surface area contributed by atoms with Crippen LogP contribution < -0.4 is 5.73 Å². The SMILES string of the molecule is CCn1cc(S(=O)(=O)N2CCC(C(C)(C)C)C2)c(N)n1. The molecule has 1 aliphatic heterocycles. The molecule has 6 nitrogen and oxygen atoms in total. The average Bonchev–Trinajstić information content (AvgIpc) is 2.94. The van der Waals surface area contributed by atoms with E-state index in [4.69, 9.17) is 5.73 Å². The third-order valence-electron chi connectivity index (χ3n) is 4.07. The molecule has 0 spiro atoms. The van der Waals surface area contributed by atoms with E-state index in [2.05, 4.69) is 25.9 Å². The number of nitrogen functional groups attached to an aromatic ring is 1. The van der Waals surface area contributed by atoms with Crippen molar-refractivity contribution in [2.45, 2.75) is 45.6 Å². The number of aryl methyl sites for hydroxylation is 1. The molecule has 2 rings (SSSR count). The van der Waals surface area contributed by atoms with Crippen LogP contribution >= 0.6 is 0 Å². The fourth-order valence-electron chi connectivity index (χ4n) is 2.57. The number of sulfonamides is 1. The second kappa shape index (κ2) is 5.04. The standard InChI is InChI=1S/C13H24N4O2S/c1-5-16-9-11(12(14)15-16)20(18,19)17-7-6-10(8-17)13(2,3)4/h9-10H,5-8H2,1-4H3,(H2,14,15). The second-order valence-corrected chi connectivity index (χ2v) is 8.36. The number of nitrogens with two attached hydrogens (primary N) is 1. The van der Waals surface area contributed by atoms with E-state index in [9.17, 15) is 8.42 Å². The van der Waals surface area contributed by atoms with E-state index in [0.29, 0.717) is 25.6 Å². The van der Waals surface area contributed by atoms with Crippen LogP contribution in [0, 0.1) is 11.3 Å². The predicted molar refractivity (Wildman–Crippen MR) is 78.6 cm³/mol. The topological polar surface area (TPSA) is 81.2 Å². The lowest BCUT2D eigenvalue weighted by molar-refractivity contribution is 0.252. The summed E-state index contributed by atoms with van der Waals surface area (Å²) in [5.74, 6) is 0.464. The van der Waals surface area contributed by atoms with Gasteiger partial charge >= 0.3 is 0 Å². The normalized spacial score (nSPS) is 21.5. The molecule has 114 valence electrons. The van der Waals surface area contributed by atoms with Gasteiger partial charge in [-0.2, -0.15) is 9.40 Å². The van der Waals surface area contributed by atoms with Gasteiger partial charge in [0.25, 0.3) is 0 Å².